The van der Waals surface area contributed by atoms with Crippen molar-refractivity contribution < 1.29 is 32.3 Å². The number of nitriles is 1. The average molecular weight is 885 g/mol. The number of rotatable bonds is 16. The number of amides is 3. The van der Waals surface area contributed by atoms with Crippen LogP contribution in [0.15, 0.2) is 48.7 Å². The van der Waals surface area contributed by atoms with Gasteiger partial charge in [0, 0.05) is 68.4 Å². The lowest BCUT2D eigenvalue weighted by molar-refractivity contribution is -0.137. The van der Waals surface area contributed by atoms with Gasteiger partial charge in [-0.3, -0.25) is 29.4 Å². The van der Waals surface area contributed by atoms with Crippen molar-refractivity contribution in [3.8, 4) is 6.07 Å². The van der Waals surface area contributed by atoms with Gasteiger partial charge in [-0.2, -0.15) is 18.4 Å². The average Bonchev–Trinajstić information content (AvgIpc) is 3.29. The molecule has 0 radical (unpaired) electrons. The molecule has 3 aromatic rings. The van der Waals surface area contributed by atoms with Crippen molar-refractivity contribution >= 4 is 47.5 Å². The maximum absolute atomic E-state index is 13.5. The van der Waals surface area contributed by atoms with Crippen molar-refractivity contribution in [1.29, 1.82) is 5.26 Å². The quantitative estimate of drug-likeness (QED) is 0.159. The summed E-state index contributed by atoms with van der Waals surface area (Å²) >= 11 is 0. The van der Waals surface area contributed by atoms with Gasteiger partial charge in [-0.25, -0.2) is 9.97 Å². The highest BCUT2D eigenvalue weighted by Gasteiger charge is 2.45. The number of carbonyl (C=O) groups is 4. The van der Waals surface area contributed by atoms with E-state index < -0.39 is 23.3 Å². The van der Waals surface area contributed by atoms with E-state index in [-0.39, 0.29) is 23.1 Å². The molecule has 4 saturated heterocycles. The van der Waals surface area contributed by atoms with E-state index in [1.165, 1.54) is 18.6 Å². The fraction of sp³-hybridized carbons (Fsp3) is 0.553. The number of imide groups is 1. The van der Waals surface area contributed by atoms with E-state index in [9.17, 15) is 32.3 Å². The van der Waals surface area contributed by atoms with Crippen LogP contribution >= 0.6 is 0 Å². The van der Waals surface area contributed by atoms with Crippen LogP contribution in [-0.2, 0) is 27.1 Å². The van der Waals surface area contributed by atoms with Crippen LogP contribution in [0, 0.1) is 28.6 Å². The lowest BCUT2D eigenvalue weighted by Crippen LogP contribution is -2.60. The second-order valence-electron chi connectivity index (χ2n) is 18.1. The number of hydrogen-bond acceptors (Lipinski definition) is 12. The maximum atomic E-state index is 13.5. The summed E-state index contributed by atoms with van der Waals surface area (Å²) in [5.74, 6) is 1.21. The number of nitrogens with one attached hydrogen (secondary N) is 2. The summed E-state index contributed by atoms with van der Waals surface area (Å²) in [6.07, 6.45) is 6.43. The molecule has 0 saturated carbocycles. The number of aromatic nitrogens is 2. The van der Waals surface area contributed by atoms with Crippen molar-refractivity contribution in [2.45, 2.75) is 83.5 Å². The van der Waals surface area contributed by atoms with Gasteiger partial charge in [0.25, 0.3) is 0 Å². The Hall–Kier alpha value is -5.60. The Labute approximate surface area is 373 Å². The van der Waals surface area contributed by atoms with Crippen molar-refractivity contribution in [1.82, 2.24) is 25.1 Å². The SMILES string of the molecule is CCCC(C(=O)NC=O)N(C)Cc1nc(N2CC3(CCN(CCC4CCN(c5ccc(NC(=O)C6CCN(c7ccc(C#N)c(C(F)(F)F)c7)CC6)nc5)CC4)CC3)C2)ccc1C=O. The number of aldehydes is 1. The lowest BCUT2D eigenvalue weighted by Gasteiger charge is -2.54. The van der Waals surface area contributed by atoms with E-state index in [0.29, 0.717) is 74.0 Å². The molecule has 342 valence electrons. The lowest BCUT2D eigenvalue weighted by atomic mass is 9.72. The monoisotopic (exact) mass is 884 g/mol. The number of nitrogens with zero attached hydrogens (tertiary/aromatic N) is 8. The third-order valence-corrected chi connectivity index (χ3v) is 13.9. The van der Waals surface area contributed by atoms with Crippen molar-refractivity contribution in [2.75, 3.05) is 86.0 Å². The van der Waals surface area contributed by atoms with Crippen LogP contribution < -0.4 is 25.3 Å². The van der Waals surface area contributed by atoms with Crippen molar-refractivity contribution in [2.24, 2.45) is 17.3 Å². The van der Waals surface area contributed by atoms with Crippen LogP contribution in [0.5, 0.6) is 0 Å². The summed E-state index contributed by atoms with van der Waals surface area (Å²) < 4.78 is 40.5. The Morgan fingerprint density at radius 2 is 1.64 bits per heavy atom. The molecule has 14 nitrogen and oxygen atoms in total. The van der Waals surface area contributed by atoms with Gasteiger partial charge in [-0.1, -0.05) is 13.3 Å². The van der Waals surface area contributed by atoms with E-state index in [0.717, 1.165) is 102 Å². The minimum atomic E-state index is -4.62. The first kappa shape index (κ1) is 46.4. The predicted molar refractivity (Wildman–Crippen MR) is 238 cm³/mol. The Bertz CT molecular complexity index is 2150. The van der Waals surface area contributed by atoms with Gasteiger partial charge >= 0.3 is 6.18 Å². The Morgan fingerprint density at radius 1 is 0.953 bits per heavy atom. The first-order chi connectivity index (χ1) is 30.8. The van der Waals surface area contributed by atoms with Gasteiger partial charge in [0.05, 0.1) is 40.8 Å². The molecular weight excluding hydrogens is 826 g/mol. The van der Waals surface area contributed by atoms with Crippen LogP contribution in [0.2, 0.25) is 0 Å². The number of alkyl halides is 3. The molecule has 4 aliphatic rings. The topological polar surface area (TPSA) is 158 Å². The molecule has 1 atom stereocenters. The largest absolute Gasteiger partial charge is 0.417 e. The normalized spacial score (nSPS) is 18.9. The van der Waals surface area contributed by atoms with Gasteiger partial charge in [-0.15, -0.1) is 0 Å². The summed E-state index contributed by atoms with van der Waals surface area (Å²) in [5, 5.41) is 14.3. The summed E-state index contributed by atoms with van der Waals surface area (Å²) in [4.78, 5) is 68.8. The molecule has 4 aliphatic heterocycles. The van der Waals surface area contributed by atoms with Crippen molar-refractivity contribution in [3.05, 3.63) is 71.0 Å². The van der Waals surface area contributed by atoms with E-state index >= 15 is 0 Å². The molecule has 0 aliphatic carbocycles. The predicted octanol–water partition coefficient (Wildman–Crippen LogP) is 6.12. The zero-order chi connectivity index (χ0) is 45.4. The fourth-order valence-corrected chi connectivity index (χ4v) is 9.91. The third kappa shape index (κ3) is 11.0. The summed E-state index contributed by atoms with van der Waals surface area (Å²) in [6.45, 7) is 10.2. The first-order valence-corrected chi connectivity index (χ1v) is 22.6. The summed E-state index contributed by atoms with van der Waals surface area (Å²) in [6, 6.07) is 12.4. The standard InChI is InChI=1S/C47H59F3N10O4/c1-3-4-41(45(64)53-32-62)56(2)28-40-36(29-61)6-10-43(54-40)60-30-46(31-60)16-23-57(24-17-46)18-11-33-12-19-59(20-13-33)38-8-9-42(52-27-38)55-44(63)34-14-21-58(22-15-34)37-7-5-35(26-51)39(25-37)47(48,49)50/h5-10,25,27,29,32-34,41H,3-4,11-24,28,30-31H2,1-2H3,(H,52,55,63)(H,53,62,64). The molecule has 17 heteroatoms. The van der Waals surface area contributed by atoms with Crippen LogP contribution in [0.25, 0.3) is 0 Å². The smallest absolute Gasteiger partial charge is 0.371 e. The van der Waals surface area contributed by atoms with Gasteiger partial charge in [0.15, 0.2) is 6.29 Å². The molecule has 7 rings (SSSR count). The van der Waals surface area contributed by atoms with Crippen LogP contribution in [0.3, 0.4) is 0 Å². The maximum Gasteiger partial charge on any atom is 0.417 e. The summed E-state index contributed by atoms with van der Waals surface area (Å²) in [7, 11) is 1.82. The Kier molecular flexibility index (Phi) is 14.9. The molecule has 3 amide bonds. The minimum absolute atomic E-state index is 0.146. The number of halogens is 3. The Balaban J connectivity index is 0.799. The van der Waals surface area contributed by atoms with Gasteiger partial charge in [-0.05, 0) is 126 Å². The molecule has 64 heavy (non-hydrogen) atoms. The zero-order valence-electron chi connectivity index (χ0n) is 36.8. The van der Waals surface area contributed by atoms with Crippen LogP contribution in [-0.4, -0.2) is 116 Å². The van der Waals surface area contributed by atoms with Gasteiger partial charge < -0.3 is 24.9 Å². The number of anilines is 4. The number of piperidine rings is 3. The summed E-state index contributed by atoms with van der Waals surface area (Å²) in [5.41, 5.74) is 1.47. The van der Waals surface area contributed by atoms with E-state index in [2.05, 4.69) is 30.3 Å². The molecular formula is C47H59F3N10O4. The zero-order valence-corrected chi connectivity index (χ0v) is 36.8. The minimum Gasteiger partial charge on any atom is -0.371 e. The van der Waals surface area contributed by atoms with Crippen LogP contribution in [0.4, 0.5) is 36.2 Å². The third-order valence-electron chi connectivity index (χ3n) is 13.9. The van der Waals surface area contributed by atoms with E-state index in [4.69, 9.17) is 10.2 Å². The number of carbonyl (C=O) groups excluding carboxylic acids is 4. The second-order valence-corrected chi connectivity index (χ2v) is 18.1. The molecule has 1 spiro atoms. The van der Waals surface area contributed by atoms with E-state index in [1.54, 1.807) is 6.07 Å². The molecule has 2 aromatic heterocycles. The molecule has 4 fully saturated rings. The fourth-order valence-electron chi connectivity index (χ4n) is 9.91. The highest BCUT2D eigenvalue weighted by Crippen LogP contribution is 2.43. The van der Waals surface area contributed by atoms with Gasteiger partial charge in [0.1, 0.15) is 11.6 Å². The number of benzene rings is 1. The molecule has 1 unspecified atom stereocenters. The van der Waals surface area contributed by atoms with Gasteiger partial charge in [0.2, 0.25) is 18.2 Å². The van der Waals surface area contributed by atoms with E-state index in [1.807, 2.05) is 54.2 Å². The Morgan fingerprint density at radius 3 is 2.27 bits per heavy atom. The first-order valence-electron chi connectivity index (χ1n) is 22.6. The number of pyridine rings is 2. The molecule has 6 heterocycles. The van der Waals surface area contributed by atoms with Crippen LogP contribution in [0.1, 0.15) is 91.9 Å². The van der Waals surface area contributed by atoms with Crippen molar-refractivity contribution in [3.63, 3.8) is 0 Å². The number of hydrogen-bond donors (Lipinski definition) is 2. The highest BCUT2D eigenvalue weighted by molar-refractivity contribution is 5.92. The number of likely N-dealkylation sites (tertiary alicyclic amines) is 1. The molecule has 0 bridgehead atoms. The number of likely N-dealkylation sites (N-methyl/N-ethyl adjacent to an activating group) is 1. The highest BCUT2D eigenvalue weighted by atomic mass is 19.4. The molecule has 1 aromatic carbocycles. The molecule has 2 N–H and O–H groups in total. The second kappa shape index (κ2) is 20.5.